The lowest BCUT2D eigenvalue weighted by molar-refractivity contribution is 0.0602. The van der Waals surface area contributed by atoms with Gasteiger partial charge in [0.05, 0.1) is 30.9 Å². The molecular formula is C27H24N2O3. The van der Waals surface area contributed by atoms with E-state index in [0.717, 1.165) is 22.1 Å². The minimum atomic E-state index is -1.12. The molecule has 0 saturated carbocycles. The molecule has 0 fully saturated rings. The summed E-state index contributed by atoms with van der Waals surface area (Å²) in [4.78, 5) is 12.4. The SMILES string of the molecule is COC(=O)c1ccc(C#CC(C)(C)O)c2cnn(Cc3ccc(-c4ccccc4)cc3)c12. The highest BCUT2D eigenvalue weighted by molar-refractivity contribution is 6.04. The van der Waals surface area contributed by atoms with Crippen LogP contribution in [-0.4, -0.2) is 33.6 Å². The number of fused-ring (bicyclic) bond motifs is 1. The number of aliphatic hydroxyl groups is 1. The van der Waals surface area contributed by atoms with E-state index in [2.05, 4.69) is 53.3 Å². The number of esters is 1. The van der Waals surface area contributed by atoms with Gasteiger partial charge in [-0.05, 0) is 42.7 Å². The van der Waals surface area contributed by atoms with Crippen LogP contribution < -0.4 is 0 Å². The first-order chi connectivity index (χ1) is 15.4. The first-order valence-electron chi connectivity index (χ1n) is 10.3. The molecule has 3 aromatic carbocycles. The standard InChI is InChI=1S/C27H24N2O3/c1-27(2,31)16-15-22-13-14-23(26(30)32-3)25-24(22)17-28-29(25)18-19-9-11-21(12-10-19)20-7-5-4-6-8-20/h4-14,17,31H,18H2,1-3H3. The first kappa shape index (κ1) is 21.4. The highest BCUT2D eigenvalue weighted by atomic mass is 16.5. The van der Waals surface area contributed by atoms with Crippen LogP contribution in [0.5, 0.6) is 0 Å². The van der Waals surface area contributed by atoms with Crippen molar-refractivity contribution >= 4 is 16.9 Å². The minimum absolute atomic E-state index is 0.426. The maximum absolute atomic E-state index is 12.4. The maximum Gasteiger partial charge on any atom is 0.340 e. The van der Waals surface area contributed by atoms with Gasteiger partial charge in [0.15, 0.2) is 0 Å². The van der Waals surface area contributed by atoms with Crippen molar-refractivity contribution in [3.8, 4) is 23.0 Å². The smallest absolute Gasteiger partial charge is 0.340 e. The molecule has 0 radical (unpaired) electrons. The van der Waals surface area contributed by atoms with E-state index in [4.69, 9.17) is 4.74 Å². The van der Waals surface area contributed by atoms with Gasteiger partial charge < -0.3 is 9.84 Å². The van der Waals surface area contributed by atoms with E-state index in [1.54, 1.807) is 36.9 Å². The molecule has 32 heavy (non-hydrogen) atoms. The largest absolute Gasteiger partial charge is 0.465 e. The van der Waals surface area contributed by atoms with Gasteiger partial charge in [-0.15, -0.1) is 0 Å². The Bertz CT molecular complexity index is 1320. The predicted octanol–water partition coefficient (Wildman–Crippen LogP) is 4.66. The number of hydrogen-bond acceptors (Lipinski definition) is 4. The van der Waals surface area contributed by atoms with E-state index in [9.17, 15) is 9.90 Å². The highest BCUT2D eigenvalue weighted by Gasteiger charge is 2.18. The normalized spacial score (nSPS) is 11.1. The number of carbonyl (C=O) groups excluding carboxylic acids is 1. The van der Waals surface area contributed by atoms with Crippen molar-refractivity contribution in [1.82, 2.24) is 9.78 Å². The van der Waals surface area contributed by atoms with Crippen molar-refractivity contribution in [3.63, 3.8) is 0 Å². The number of hydrogen-bond donors (Lipinski definition) is 1. The Hall–Kier alpha value is -3.88. The van der Waals surface area contributed by atoms with Crippen LogP contribution in [0.25, 0.3) is 22.0 Å². The Balaban J connectivity index is 1.74. The summed E-state index contributed by atoms with van der Waals surface area (Å²) in [6.07, 6.45) is 1.70. The number of aromatic nitrogens is 2. The number of carbonyl (C=O) groups is 1. The Kier molecular flexibility index (Phi) is 5.81. The van der Waals surface area contributed by atoms with Gasteiger partial charge in [-0.1, -0.05) is 66.4 Å². The topological polar surface area (TPSA) is 64.3 Å². The average molecular weight is 425 g/mol. The van der Waals surface area contributed by atoms with Crippen molar-refractivity contribution in [2.24, 2.45) is 0 Å². The van der Waals surface area contributed by atoms with Crippen LogP contribution in [0.15, 0.2) is 72.9 Å². The van der Waals surface area contributed by atoms with Gasteiger partial charge in [-0.3, -0.25) is 4.68 Å². The fraction of sp³-hybridized carbons (Fsp3) is 0.185. The van der Waals surface area contributed by atoms with Crippen molar-refractivity contribution in [1.29, 1.82) is 0 Å². The monoisotopic (exact) mass is 424 g/mol. The van der Waals surface area contributed by atoms with Crippen molar-refractivity contribution < 1.29 is 14.6 Å². The van der Waals surface area contributed by atoms with E-state index in [1.807, 2.05) is 18.2 Å². The maximum atomic E-state index is 12.4. The average Bonchev–Trinajstić information content (AvgIpc) is 3.21. The summed E-state index contributed by atoms with van der Waals surface area (Å²) in [6, 6.07) is 21.9. The third-order valence-electron chi connectivity index (χ3n) is 5.10. The molecule has 0 unspecified atom stereocenters. The van der Waals surface area contributed by atoms with Gasteiger partial charge in [0.1, 0.15) is 5.60 Å². The molecule has 4 aromatic rings. The molecular weight excluding hydrogens is 400 g/mol. The summed E-state index contributed by atoms with van der Waals surface area (Å²) >= 11 is 0. The second-order valence-electron chi connectivity index (χ2n) is 8.09. The predicted molar refractivity (Wildman–Crippen MR) is 125 cm³/mol. The summed E-state index contributed by atoms with van der Waals surface area (Å²) < 4.78 is 6.77. The lowest BCUT2D eigenvalue weighted by atomic mass is 10.0. The molecule has 0 aliphatic heterocycles. The van der Waals surface area contributed by atoms with E-state index in [-0.39, 0.29) is 0 Å². The van der Waals surface area contributed by atoms with E-state index >= 15 is 0 Å². The Morgan fingerprint density at radius 2 is 1.72 bits per heavy atom. The van der Waals surface area contributed by atoms with Crippen LogP contribution in [-0.2, 0) is 11.3 Å². The van der Waals surface area contributed by atoms with Crippen LogP contribution in [0.4, 0.5) is 0 Å². The molecule has 160 valence electrons. The van der Waals surface area contributed by atoms with Crippen molar-refractivity contribution in [2.45, 2.75) is 26.0 Å². The van der Waals surface area contributed by atoms with E-state index in [1.165, 1.54) is 7.11 Å². The van der Waals surface area contributed by atoms with Crippen LogP contribution in [0.2, 0.25) is 0 Å². The number of rotatable bonds is 4. The summed E-state index contributed by atoms with van der Waals surface area (Å²) in [5, 5.41) is 15.2. The molecule has 0 spiro atoms. The molecule has 1 heterocycles. The first-order valence-corrected chi connectivity index (χ1v) is 10.3. The number of ether oxygens (including phenoxy) is 1. The third kappa shape index (κ3) is 4.56. The third-order valence-corrected chi connectivity index (χ3v) is 5.10. The second-order valence-corrected chi connectivity index (χ2v) is 8.09. The quantitative estimate of drug-likeness (QED) is 0.382. The second kappa shape index (κ2) is 8.70. The number of nitrogens with zero attached hydrogens (tertiary/aromatic N) is 2. The van der Waals surface area contributed by atoms with Gasteiger partial charge in [0.25, 0.3) is 0 Å². The van der Waals surface area contributed by atoms with Gasteiger partial charge in [0, 0.05) is 10.9 Å². The lowest BCUT2D eigenvalue weighted by Crippen LogP contribution is -2.14. The molecule has 0 saturated heterocycles. The number of benzene rings is 3. The Morgan fingerprint density at radius 1 is 1.03 bits per heavy atom. The molecule has 0 aliphatic rings. The summed E-state index contributed by atoms with van der Waals surface area (Å²) in [7, 11) is 1.36. The Labute approximate surface area is 187 Å². The molecule has 0 bridgehead atoms. The van der Waals surface area contributed by atoms with E-state index in [0.29, 0.717) is 23.2 Å². The van der Waals surface area contributed by atoms with Crippen LogP contribution in [0.3, 0.4) is 0 Å². The fourth-order valence-electron chi connectivity index (χ4n) is 3.53. The van der Waals surface area contributed by atoms with Gasteiger partial charge >= 0.3 is 5.97 Å². The zero-order chi connectivity index (χ0) is 22.7. The summed E-state index contributed by atoms with van der Waals surface area (Å²) in [6.45, 7) is 3.75. The molecule has 0 atom stereocenters. The van der Waals surface area contributed by atoms with Gasteiger partial charge in [-0.2, -0.15) is 5.10 Å². The zero-order valence-electron chi connectivity index (χ0n) is 18.3. The fourth-order valence-corrected chi connectivity index (χ4v) is 3.53. The zero-order valence-corrected chi connectivity index (χ0v) is 18.3. The Morgan fingerprint density at radius 3 is 2.38 bits per heavy atom. The molecule has 0 amide bonds. The van der Waals surface area contributed by atoms with Crippen LogP contribution in [0, 0.1) is 11.8 Å². The molecule has 1 N–H and O–H groups in total. The molecule has 0 aliphatic carbocycles. The molecule has 5 nitrogen and oxygen atoms in total. The van der Waals surface area contributed by atoms with Crippen LogP contribution >= 0.6 is 0 Å². The molecule has 5 heteroatoms. The molecule has 4 rings (SSSR count). The lowest BCUT2D eigenvalue weighted by Gasteiger charge is -2.10. The van der Waals surface area contributed by atoms with E-state index < -0.39 is 11.6 Å². The van der Waals surface area contributed by atoms with Crippen molar-refractivity contribution in [3.05, 3.63) is 89.6 Å². The minimum Gasteiger partial charge on any atom is -0.465 e. The highest BCUT2D eigenvalue weighted by Crippen LogP contribution is 2.25. The van der Waals surface area contributed by atoms with Crippen LogP contribution in [0.1, 0.15) is 35.3 Å². The number of methoxy groups -OCH3 is 1. The molecule has 1 aromatic heterocycles. The summed E-state index contributed by atoms with van der Waals surface area (Å²) in [5.41, 5.74) is 4.01. The van der Waals surface area contributed by atoms with Gasteiger partial charge in [-0.25, -0.2) is 4.79 Å². The summed E-state index contributed by atoms with van der Waals surface area (Å²) in [5.74, 6) is 5.40. The van der Waals surface area contributed by atoms with Crippen molar-refractivity contribution in [2.75, 3.05) is 7.11 Å². The van der Waals surface area contributed by atoms with Gasteiger partial charge in [0.2, 0.25) is 0 Å².